The normalized spacial score (nSPS) is 13.5. The summed E-state index contributed by atoms with van der Waals surface area (Å²) in [6, 6.07) is 15.1. The summed E-state index contributed by atoms with van der Waals surface area (Å²) in [5, 5.41) is 6.56. The van der Waals surface area contributed by atoms with E-state index in [2.05, 4.69) is 63.1 Å². The molecule has 0 radical (unpaired) electrons. The molecule has 2 heterocycles. The summed E-state index contributed by atoms with van der Waals surface area (Å²) in [7, 11) is 1.75. The summed E-state index contributed by atoms with van der Waals surface area (Å²) in [4.78, 5) is 8.65. The van der Waals surface area contributed by atoms with Gasteiger partial charge >= 0.3 is 0 Å². The highest BCUT2D eigenvalue weighted by molar-refractivity contribution is 5.79. The summed E-state index contributed by atoms with van der Waals surface area (Å²) in [6.07, 6.45) is 2.18. The standard InChI is InChI=1S/C24H28N4O2/c1-16-17(2)30-23(28-16)15-27-24(25-3)26-14-18-6-8-19(9-7-18)20-10-11-22-21(13-20)5-4-12-29-22/h6-11,13H,4-5,12,14-15H2,1-3H3,(H2,25,26,27). The number of aromatic nitrogens is 1. The number of oxazole rings is 1. The van der Waals surface area contributed by atoms with Crippen LogP contribution < -0.4 is 15.4 Å². The molecule has 0 saturated carbocycles. The van der Waals surface area contributed by atoms with Crippen molar-refractivity contribution >= 4 is 5.96 Å². The Morgan fingerprint density at radius 3 is 2.53 bits per heavy atom. The van der Waals surface area contributed by atoms with Crippen molar-refractivity contribution in [1.29, 1.82) is 0 Å². The van der Waals surface area contributed by atoms with Crippen molar-refractivity contribution in [2.75, 3.05) is 13.7 Å². The summed E-state index contributed by atoms with van der Waals surface area (Å²) < 4.78 is 11.3. The number of rotatable bonds is 5. The van der Waals surface area contributed by atoms with Gasteiger partial charge in [0.05, 0.1) is 18.8 Å². The third kappa shape index (κ3) is 4.64. The Bertz CT molecular complexity index is 1020. The van der Waals surface area contributed by atoms with Gasteiger partial charge in [-0.3, -0.25) is 4.99 Å². The molecule has 0 amide bonds. The molecule has 156 valence electrons. The fourth-order valence-electron chi connectivity index (χ4n) is 3.54. The molecule has 0 aliphatic carbocycles. The number of benzene rings is 2. The number of aryl methyl sites for hydroxylation is 3. The van der Waals surface area contributed by atoms with E-state index in [0.29, 0.717) is 24.9 Å². The van der Waals surface area contributed by atoms with Crippen molar-refractivity contribution in [3.63, 3.8) is 0 Å². The van der Waals surface area contributed by atoms with Gasteiger partial charge in [0.25, 0.3) is 0 Å². The van der Waals surface area contributed by atoms with Gasteiger partial charge in [-0.05, 0) is 61.1 Å². The zero-order valence-electron chi connectivity index (χ0n) is 17.8. The number of nitrogens with one attached hydrogen (secondary N) is 2. The average molecular weight is 405 g/mol. The predicted molar refractivity (Wildman–Crippen MR) is 119 cm³/mol. The molecule has 0 unspecified atom stereocenters. The lowest BCUT2D eigenvalue weighted by molar-refractivity contribution is 0.288. The molecule has 2 N–H and O–H groups in total. The smallest absolute Gasteiger partial charge is 0.214 e. The molecule has 6 nitrogen and oxygen atoms in total. The second kappa shape index (κ2) is 9.03. The van der Waals surface area contributed by atoms with Crippen LogP contribution in [0.1, 0.15) is 34.9 Å². The van der Waals surface area contributed by atoms with Gasteiger partial charge in [-0.25, -0.2) is 4.98 Å². The van der Waals surface area contributed by atoms with Crippen LogP contribution in [0.5, 0.6) is 5.75 Å². The quantitative estimate of drug-likeness (QED) is 0.494. The lowest BCUT2D eigenvalue weighted by atomic mass is 9.98. The van der Waals surface area contributed by atoms with Gasteiger partial charge in [-0.2, -0.15) is 0 Å². The minimum atomic E-state index is 0.495. The maximum absolute atomic E-state index is 5.72. The number of hydrogen-bond donors (Lipinski definition) is 2. The van der Waals surface area contributed by atoms with Crippen LogP contribution in [0.3, 0.4) is 0 Å². The first-order valence-corrected chi connectivity index (χ1v) is 10.3. The van der Waals surface area contributed by atoms with E-state index in [9.17, 15) is 0 Å². The third-order valence-electron chi connectivity index (χ3n) is 5.36. The van der Waals surface area contributed by atoms with Gasteiger partial charge in [-0.1, -0.05) is 30.3 Å². The van der Waals surface area contributed by atoms with E-state index in [1.165, 1.54) is 22.3 Å². The van der Waals surface area contributed by atoms with Crippen LogP contribution in [0.2, 0.25) is 0 Å². The first-order valence-electron chi connectivity index (χ1n) is 10.3. The first-order chi connectivity index (χ1) is 14.6. The van der Waals surface area contributed by atoms with E-state index in [0.717, 1.165) is 36.7 Å². The van der Waals surface area contributed by atoms with Crippen molar-refractivity contribution in [2.24, 2.45) is 4.99 Å². The number of nitrogens with zero attached hydrogens (tertiary/aromatic N) is 2. The molecule has 1 aliphatic rings. The topological polar surface area (TPSA) is 71.7 Å². The highest BCUT2D eigenvalue weighted by Gasteiger charge is 2.11. The van der Waals surface area contributed by atoms with Crippen molar-refractivity contribution < 1.29 is 9.15 Å². The number of ether oxygens (including phenoxy) is 1. The average Bonchev–Trinajstić information content (AvgIpc) is 3.11. The maximum Gasteiger partial charge on any atom is 0.214 e. The van der Waals surface area contributed by atoms with Crippen LogP contribution in [-0.4, -0.2) is 24.6 Å². The van der Waals surface area contributed by atoms with E-state index in [1.54, 1.807) is 7.05 Å². The zero-order valence-corrected chi connectivity index (χ0v) is 17.8. The Morgan fingerprint density at radius 2 is 1.80 bits per heavy atom. The Kier molecular flexibility index (Phi) is 6.02. The summed E-state index contributed by atoms with van der Waals surface area (Å²) in [6.45, 7) is 5.86. The fraction of sp³-hybridized carbons (Fsp3) is 0.333. The predicted octanol–water partition coefficient (Wildman–Crippen LogP) is 4.15. The van der Waals surface area contributed by atoms with E-state index >= 15 is 0 Å². The van der Waals surface area contributed by atoms with Crippen molar-refractivity contribution in [2.45, 2.75) is 39.8 Å². The Balaban J connectivity index is 1.33. The molecule has 6 heteroatoms. The SMILES string of the molecule is CN=C(NCc1ccc(-c2ccc3c(c2)CCCO3)cc1)NCc1nc(C)c(C)o1. The number of guanidine groups is 1. The van der Waals surface area contributed by atoms with Crippen molar-refractivity contribution in [3.05, 3.63) is 70.9 Å². The molecule has 1 aliphatic heterocycles. The van der Waals surface area contributed by atoms with Gasteiger partial charge in [-0.15, -0.1) is 0 Å². The monoisotopic (exact) mass is 404 g/mol. The lowest BCUT2D eigenvalue weighted by Gasteiger charge is -2.18. The number of fused-ring (bicyclic) bond motifs is 1. The minimum absolute atomic E-state index is 0.495. The van der Waals surface area contributed by atoms with Crippen LogP contribution in [0.25, 0.3) is 11.1 Å². The Morgan fingerprint density at radius 1 is 1.03 bits per heavy atom. The van der Waals surface area contributed by atoms with Crippen LogP contribution in [0.15, 0.2) is 51.9 Å². The van der Waals surface area contributed by atoms with Gasteiger partial charge in [0.1, 0.15) is 11.5 Å². The first kappa shape index (κ1) is 20.0. The van der Waals surface area contributed by atoms with Crippen LogP contribution in [0, 0.1) is 13.8 Å². The lowest BCUT2D eigenvalue weighted by Crippen LogP contribution is -2.36. The molecule has 2 aromatic carbocycles. The van der Waals surface area contributed by atoms with E-state index in [4.69, 9.17) is 9.15 Å². The van der Waals surface area contributed by atoms with Gasteiger partial charge in [0.15, 0.2) is 5.96 Å². The zero-order chi connectivity index (χ0) is 20.9. The second-order valence-corrected chi connectivity index (χ2v) is 7.50. The van der Waals surface area contributed by atoms with Gasteiger partial charge in [0.2, 0.25) is 5.89 Å². The molecular weight excluding hydrogens is 376 g/mol. The molecule has 0 fully saturated rings. The van der Waals surface area contributed by atoms with Crippen LogP contribution in [0.4, 0.5) is 0 Å². The third-order valence-corrected chi connectivity index (χ3v) is 5.36. The molecular formula is C24H28N4O2. The molecule has 0 atom stereocenters. The second-order valence-electron chi connectivity index (χ2n) is 7.50. The molecule has 4 rings (SSSR count). The molecule has 3 aromatic rings. The number of aliphatic imine (C=N–C) groups is 1. The van der Waals surface area contributed by atoms with Gasteiger partial charge < -0.3 is 19.8 Å². The number of hydrogen-bond acceptors (Lipinski definition) is 4. The van der Waals surface area contributed by atoms with Crippen LogP contribution >= 0.6 is 0 Å². The van der Waals surface area contributed by atoms with E-state index < -0.39 is 0 Å². The van der Waals surface area contributed by atoms with Crippen LogP contribution in [-0.2, 0) is 19.5 Å². The Labute approximate surface area is 177 Å². The van der Waals surface area contributed by atoms with Crippen molar-refractivity contribution in [1.82, 2.24) is 15.6 Å². The highest BCUT2D eigenvalue weighted by atomic mass is 16.5. The summed E-state index contributed by atoms with van der Waals surface area (Å²) >= 11 is 0. The molecule has 1 aromatic heterocycles. The van der Waals surface area contributed by atoms with Gasteiger partial charge in [0, 0.05) is 13.6 Å². The van der Waals surface area contributed by atoms with E-state index in [-0.39, 0.29) is 0 Å². The summed E-state index contributed by atoms with van der Waals surface area (Å²) in [5.41, 5.74) is 5.85. The Hall–Kier alpha value is -3.28. The fourth-order valence-corrected chi connectivity index (χ4v) is 3.54. The van der Waals surface area contributed by atoms with E-state index in [1.807, 2.05) is 13.8 Å². The molecule has 0 spiro atoms. The summed E-state index contributed by atoms with van der Waals surface area (Å²) in [5.74, 6) is 3.25. The van der Waals surface area contributed by atoms with Crippen molar-refractivity contribution in [3.8, 4) is 16.9 Å². The molecule has 0 saturated heterocycles. The largest absolute Gasteiger partial charge is 0.493 e. The maximum atomic E-state index is 5.72. The highest BCUT2D eigenvalue weighted by Crippen LogP contribution is 2.30. The molecule has 0 bridgehead atoms. The minimum Gasteiger partial charge on any atom is -0.493 e. The molecule has 30 heavy (non-hydrogen) atoms.